The van der Waals surface area contributed by atoms with E-state index in [2.05, 4.69) is 10.3 Å². The Morgan fingerprint density at radius 3 is 2.71 bits per heavy atom. The van der Waals surface area contributed by atoms with Crippen LogP contribution in [0.5, 0.6) is 5.88 Å². The Kier molecular flexibility index (Phi) is 4.66. The molecule has 0 aliphatic carbocycles. The molecule has 1 aromatic carbocycles. The zero-order valence-electron chi connectivity index (χ0n) is 12.4. The molecule has 1 saturated heterocycles. The Morgan fingerprint density at radius 1 is 1.21 bits per heavy atom. The number of anilines is 1. The van der Waals surface area contributed by atoms with E-state index in [1.54, 1.807) is 0 Å². The first kappa shape index (κ1) is 16.3. The van der Waals surface area contributed by atoms with Crippen LogP contribution in [-0.2, 0) is 4.74 Å². The molecule has 0 spiro atoms. The maximum absolute atomic E-state index is 13.6. The first-order chi connectivity index (χ1) is 11.5. The van der Waals surface area contributed by atoms with Gasteiger partial charge in [0.25, 0.3) is 5.91 Å². The minimum absolute atomic E-state index is 0.0755. The molecule has 126 valence electrons. The van der Waals surface area contributed by atoms with Crippen molar-refractivity contribution in [2.24, 2.45) is 0 Å². The van der Waals surface area contributed by atoms with Gasteiger partial charge in [-0.15, -0.1) is 0 Å². The number of pyridine rings is 1. The number of aromatic nitrogens is 1. The topological polar surface area (TPSA) is 60.5 Å². The number of benzene rings is 1. The lowest BCUT2D eigenvalue weighted by Gasteiger charge is -2.11. The summed E-state index contributed by atoms with van der Waals surface area (Å²) in [5, 5.41) is 2.17. The first-order valence-corrected chi connectivity index (χ1v) is 7.20. The molecular formula is C16H13F3N2O3. The summed E-state index contributed by atoms with van der Waals surface area (Å²) in [4.78, 5) is 16.0. The van der Waals surface area contributed by atoms with Crippen LogP contribution in [0, 0.1) is 17.5 Å². The van der Waals surface area contributed by atoms with Crippen LogP contribution in [-0.4, -0.2) is 30.2 Å². The Balaban J connectivity index is 1.68. The maximum atomic E-state index is 13.6. The summed E-state index contributed by atoms with van der Waals surface area (Å²) in [6, 6.07) is 4.60. The number of hydrogen-bond acceptors (Lipinski definition) is 4. The smallest absolute Gasteiger partial charge is 0.257 e. The second kappa shape index (κ2) is 6.88. The highest BCUT2D eigenvalue weighted by molar-refractivity contribution is 6.04. The monoisotopic (exact) mass is 338 g/mol. The summed E-state index contributed by atoms with van der Waals surface area (Å²) < 4.78 is 50.3. The average Bonchev–Trinajstić information content (AvgIpc) is 3.09. The van der Waals surface area contributed by atoms with Gasteiger partial charge in [-0.1, -0.05) is 0 Å². The molecule has 8 heteroatoms. The van der Waals surface area contributed by atoms with Gasteiger partial charge in [-0.2, -0.15) is 0 Å². The number of nitrogens with zero attached hydrogens (tertiary/aromatic N) is 1. The van der Waals surface area contributed by atoms with Crippen molar-refractivity contribution in [3.63, 3.8) is 0 Å². The van der Waals surface area contributed by atoms with E-state index in [0.29, 0.717) is 19.1 Å². The molecule has 0 bridgehead atoms. The normalized spacial score (nSPS) is 16.9. The van der Waals surface area contributed by atoms with E-state index in [0.717, 1.165) is 18.6 Å². The van der Waals surface area contributed by atoms with E-state index < -0.39 is 29.0 Å². The molecule has 1 aliphatic heterocycles. The summed E-state index contributed by atoms with van der Waals surface area (Å²) in [5.41, 5.74) is -0.337. The van der Waals surface area contributed by atoms with E-state index in [1.165, 1.54) is 18.3 Å². The van der Waals surface area contributed by atoms with E-state index in [9.17, 15) is 18.0 Å². The van der Waals surface area contributed by atoms with Crippen molar-refractivity contribution < 1.29 is 27.4 Å². The second-order valence-electron chi connectivity index (χ2n) is 5.17. The Labute approximate surface area is 135 Å². The second-order valence-corrected chi connectivity index (χ2v) is 5.17. The van der Waals surface area contributed by atoms with Gasteiger partial charge >= 0.3 is 0 Å². The summed E-state index contributed by atoms with van der Waals surface area (Å²) in [5.74, 6) is -4.81. The van der Waals surface area contributed by atoms with Gasteiger partial charge in [0.2, 0.25) is 5.88 Å². The number of carbonyl (C=O) groups is 1. The van der Waals surface area contributed by atoms with Crippen LogP contribution in [0.4, 0.5) is 18.9 Å². The maximum Gasteiger partial charge on any atom is 0.257 e. The number of nitrogens with one attached hydrogen (secondary N) is 1. The highest BCUT2D eigenvalue weighted by Crippen LogP contribution is 2.21. The average molecular weight is 338 g/mol. The number of halogens is 3. The van der Waals surface area contributed by atoms with E-state index in [4.69, 9.17) is 9.47 Å². The van der Waals surface area contributed by atoms with Gasteiger partial charge < -0.3 is 14.8 Å². The van der Waals surface area contributed by atoms with Gasteiger partial charge in [-0.3, -0.25) is 4.79 Å². The summed E-state index contributed by atoms with van der Waals surface area (Å²) in [7, 11) is 0. The van der Waals surface area contributed by atoms with Crippen LogP contribution < -0.4 is 10.1 Å². The molecule has 0 radical (unpaired) electrons. The zero-order chi connectivity index (χ0) is 17.1. The lowest BCUT2D eigenvalue weighted by molar-refractivity contribution is 0.102. The van der Waals surface area contributed by atoms with Crippen LogP contribution in [0.25, 0.3) is 0 Å². The van der Waals surface area contributed by atoms with Crippen molar-refractivity contribution in [1.29, 1.82) is 0 Å². The molecule has 1 atom stereocenters. The third kappa shape index (κ3) is 3.48. The first-order valence-electron chi connectivity index (χ1n) is 7.20. The SMILES string of the molecule is O=C(Nc1ccc(F)c(F)c1F)c1ccc(OC2CCOC2)nc1. The van der Waals surface area contributed by atoms with Gasteiger partial charge in [-0.05, 0) is 18.2 Å². The summed E-state index contributed by atoms with van der Waals surface area (Å²) in [6.45, 7) is 1.12. The number of amides is 1. The molecule has 1 fully saturated rings. The lowest BCUT2D eigenvalue weighted by Crippen LogP contribution is -2.17. The Morgan fingerprint density at radius 2 is 2.04 bits per heavy atom. The summed E-state index contributed by atoms with van der Waals surface area (Å²) in [6.07, 6.45) is 1.94. The molecule has 2 heterocycles. The molecule has 0 saturated carbocycles. The van der Waals surface area contributed by atoms with E-state index >= 15 is 0 Å². The number of hydrogen-bond donors (Lipinski definition) is 1. The van der Waals surface area contributed by atoms with Crippen molar-refractivity contribution in [2.75, 3.05) is 18.5 Å². The van der Waals surface area contributed by atoms with Crippen LogP contribution in [0.1, 0.15) is 16.8 Å². The highest BCUT2D eigenvalue weighted by atomic mass is 19.2. The van der Waals surface area contributed by atoms with Gasteiger partial charge in [0, 0.05) is 18.7 Å². The van der Waals surface area contributed by atoms with Crippen molar-refractivity contribution in [1.82, 2.24) is 4.98 Å². The molecule has 5 nitrogen and oxygen atoms in total. The van der Waals surface area contributed by atoms with Crippen molar-refractivity contribution in [2.45, 2.75) is 12.5 Å². The Hall–Kier alpha value is -2.61. The highest BCUT2D eigenvalue weighted by Gasteiger charge is 2.19. The molecule has 24 heavy (non-hydrogen) atoms. The molecule has 2 aromatic rings. The van der Waals surface area contributed by atoms with E-state index in [-0.39, 0.29) is 11.7 Å². The zero-order valence-corrected chi connectivity index (χ0v) is 12.4. The predicted molar refractivity (Wildman–Crippen MR) is 78.4 cm³/mol. The van der Waals surface area contributed by atoms with Crippen LogP contribution in [0.2, 0.25) is 0 Å². The predicted octanol–water partition coefficient (Wildman–Crippen LogP) is 2.92. The quantitative estimate of drug-likeness (QED) is 0.871. The Bertz CT molecular complexity index is 747. The summed E-state index contributed by atoms with van der Waals surface area (Å²) >= 11 is 0. The molecule has 3 rings (SSSR count). The fraction of sp³-hybridized carbons (Fsp3) is 0.250. The van der Waals surface area contributed by atoms with Crippen molar-refractivity contribution >= 4 is 11.6 Å². The minimum atomic E-state index is -1.64. The van der Waals surface area contributed by atoms with Crippen LogP contribution >= 0.6 is 0 Å². The fourth-order valence-corrected chi connectivity index (χ4v) is 2.18. The molecule has 1 aliphatic rings. The van der Waals surface area contributed by atoms with Crippen molar-refractivity contribution in [3.8, 4) is 5.88 Å². The van der Waals surface area contributed by atoms with Gasteiger partial charge in [0.15, 0.2) is 17.5 Å². The largest absolute Gasteiger partial charge is 0.472 e. The molecular weight excluding hydrogens is 325 g/mol. The van der Waals surface area contributed by atoms with Gasteiger partial charge in [0.05, 0.1) is 24.5 Å². The molecule has 1 aromatic heterocycles. The molecule has 1 amide bonds. The minimum Gasteiger partial charge on any atom is -0.472 e. The fourth-order valence-electron chi connectivity index (χ4n) is 2.18. The standard InChI is InChI=1S/C16H13F3N2O3/c17-11-2-3-12(15(19)14(11)18)21-16(22)9-1-4-13(20-7-9)24-10-5-6-23-8-10/h1-4,7,10H,5-6,8H2,(H,21,22). The number of rotatable bonds is 4. The number of ether oxygens (including phenoxy) is 2. The molecule has 1 N–H and O–H groups in total. The lowest BCUT2D eigenvalue weighted by atomic mass is 10.2. The van der Waals surface area contributed by atoms with E-state index in [1.807, 2.05) is 0 Å². The van der Waals surface area contributed by atoms with Crippen LogP contribution in [0.3, 0.4) is 0 Å². The third-order valence-electron chi connectivity index (χ3n) is 3.46. The van der Waals surface area contributed by atoms with Gasteiger partial charge in [-0.25, -0.2) is 18.2 Å². The third-order valence-corrected chi connectivity index (χ3v) is 3.46. The van der Waals surface area contributed by atoms with Gasteiger partial charge in [0.1, 0.15) is 6.10 Å². The van der Waals surface area contributed by atoms with Crippen LogP contribution in [0.15, 0.2) is 30.5 Å². The van der Waals surface area contributed by atoms with Crippen molar-refractivity contribution in [3.05, 3.63) is 53.5 Å². The number of carbonyl (C=O) groups excluding carboxylic acids is 1. The molecule has 1 unspecified atom stereocenters.